The van der Waals surface area contributed by atoms with E-state index >= 15 is 0 Å². The number of hydrogen-bond donors (Lipinski definition) is 2. The second-order valence-corrected chi connectivity index (χ2v) is 7.34. The number of nitrogens with one attached hydrogen (secondary N) is 2. The van der Waals surface area contributed by atoms with Gasteiger partial charge >= 0.3 is 0 Å². The highest BCUT2D eigenvalue weighted by atomic mass is 32.2. The molecule has 6 nitrogen and oxygen atoms in total. The lowest BCUT2D eigenvalue weighted by Crippen LogP contribution is -2.28. The Balaban J connectivity index is 1.65. The number of amidine groups is 1. The summed E-state index contributed by atoms with van der Waals surface area (Å²) >= 11 is 1.25. The van der Waals surface area contributed by atoms with E-state index in [1.807, 2.05) is 56.3 Å². The second kappa shape index (κ2) is 8.81. The van der Waals surface area contributed by atoms with Gasteiger partial charge in [0.1, 0.15) is 5.25 Å². The SMILES string of the molecule is CCC(CC)=NN=C1NC(=O)C(CC(=O)Nc2cccc3ccccc23)S1. The number of carbonyl (C=O) groups excluding carboxylic acids is 2. The Labute approximate surface area is 162 Å². The molecular weight excluding hydrogens is 360 g/mol. The van der Waals surface area contributed by atoms with Crippen molar-refractivity contribution in [2.24, 2.45) is 10.2 Å². The molecule has 3 rings (SSSR count). The first-order chi connectivity index (χ1) is 13.1. The number of hydrogen-bond acceptors (Lipinski definition) is 5. The normalized spacial score (nSPS) is 17.8. The third-order valence-electron chi connectivity index (χ3n) is 4.31. The summed E-state index contributed by atoms with van der Waals surface area (Å²) in [6.07, 6.45) is 1.72. The van der Waals surface area contributed by atoms with Gasteiger partial charge in [0.2, 0.25) is 11.8 Å². The van der Waals surface area contributed by atoms with Gasteiger partial charge in [-0.05, 0) is 24.3 Å². The zero-order valence-corrected chi connectivity index (χ0v) is 16.2. The molecule has 0 spiro atoms. The van der Waals surface area contributed by atoms with E-state index in [1.165, 1.54) is 11.8 Å². The van der Waals surface area contributed by atoms with Crippen molar-refractivity contribution in [3.63, 3.8) is 0 Å². The van der Waals surface area contributed by atoms with E-state index in [9.17, 15) is 9.59 Å². The van der Waals surface area contributed by atoms with Crippen LogP contribution in [0.5, 0.6) is 0 Å². The number of anilines is 1. The highest BCUT2D eigenvalue weighted by Gasteiger charge is 2.32. The molecule has 1 aliphatic heterocycles. The summed E-state index contributed by atoms with van der Waals surface area (Å²) in [5.74, 6) is -0.414. The van der Waals surface area contributed by atoms with Crippen molar-refractivity contribution in [1.29, 1.82) is 0 Å². The summed E-state index contributed by atoms with van der Waals surface area (Å²) < 4.78 is 0. The molecule has 2 amide bonds. The predicted molar refractivity (Wildman–Crippen MR) is 112 cm³/mol. The fourth-order valence-corrected chi connectivity index (χ4v) is 3.72. The van der Waals surface area contributed by atoms with Crippen LogP contribution in [0.1, 0.15) is 33.1 Å². The Kier molecular flexibility index (Phi) is 6.24. The minimum absolute atomic E-state index is 0.0802. The molecule has 0 saturated carbocycles. The highest BCUT2D eigenvalue weighted by Crippen LogP contribution is 2.26. The lowest BCUT2D eigenvalue weighted by Gasteiger charge is -2.10. The number of fused-ring (bicyclic) bond motifs is 1. The first-order valence-electron chi connectivity index (χ1n) is 8.99. The summed E-state index contributed by atoms with van der Waals surface area (Å²) in [7, 11) is 0. The summed E-state index contributed by atoms with van der Waals surface area (Å²) in [6, 6.07) is 13.6. The average molecular weight is 382 g/mol. The molecule has 0 aliphatic carbocycles. The van der Waals surface area contributed by atoms with E-state index in [-0.39, 0.29) is 18.2 Å². The van der Waals surface area contributed by atoms with Crippen molar-refractivity contribution < 1.29 is 9.59 Å². The zero-order chi connectivity index (χ0) is 19.2. The van der Waals surface area contributed by atoms with Crippen LogP contribution in [0, 0.1) is 0 Å². The van der Waals surface area contributed by atoms with Gasteiger partial charge in [-0.15, -0.1) is 5.10 Å². The van der Waals surface area contributed by atoms with Crippen LogP contribution in [-0.4, -0.2) is 27.9 Å². The lowest BCUT2D eigenvalue weighted by molar-refractivity contribution is -0.122. The van der Waals surface area contributed by atoms with Gasteiger partial charge in [0.25, 0.3) is 0 Å². The maximum atomic E-state index is 12.5. The van der Waals surface area contributed by atoms with E-state index in [1.54, 1.807) is 0 Å². The fourth-order valence-electron chi connectivity index (χ4n) is 2.80. The van der Waals surface area contributed by atoms with Gasteiger partial charge in [-0.25, -0.2) is 0 Å². The maximum Gasteiger partial charge on any atom is 0.240 e. The molecule has 1 saturated heterocycles. The fraction of sp³-hybridized carbons (Fsp3) is 0.300. The van der Waals surface area contributed by atoms with E-state index in [2.05, 4.69) is 20.8 Å². The van der Waals surface area contributed by atoms with E-state index < -0.39 is 5.25 Å². The summed E-state index contributed by atoms with van der Waals surface area (Å²) in [5.41, 5.74) is 1.71. The largest absolute Gasteiger partial charge is 0.325 e. The lowest BCUT2D eigenvalue weighted by atomic mass is 10.1. The van der Waals surface area contributed by atoms with Gasteiger partial charge in [-0.1, -0.05) is 62.0 Å². The van der Waals surface area contributed by atoms with Crippen molar-refractivity contribution in [2.75, 3.05) is 5.32 Å². The van der Waals surface area contributed by atoms with Crippen LogP contribution in [0.25, 0.3) is 10.8 Å². The van der Waals surface area contributed by atoms with Crippen LogP contribution in [0.3, 0.4) is 0 Å². The van der Waals surface area contributed by atoms with Crippen molar-refractivity contribution in [3.05, 3.63) is 42.5 Å². The molecule has 2 aromatic carbocycles. The van der Waals surface area contributed by atoms with Gasteiger partial charge in [-0.3, -0.25) is 9.59 Å². The Morgan fingerprint density at radius 2 is 1.89 bits per heavy atom. The molecule has 1 fully saturated rings. The van der Waals surface area contributed by atoms with Crippen LogP contribution in [-0.2, 0) is 9.59 Å². The first kappa shape index (κ1) is 19.1. The van der Waals surface area contributed by atoms with E-state index in [4.69, 9.17) is 0 Å². The number of amides is 2. The predicted octanol–water partition coefficient (Wildman–Crippen LogP) is 3.93. The second-order valence-electron chi connectivity index (χ2n) is 6.15. The van der Waals surface area contributed by atoms with Crippen molar-refractivity contribution >= 4 is 50.9 Å². The van der Waals surface area contributed by atoms with Crippen LogP contribution in [0.4, 0.5) is 5.69 Å². The van der Waals surface area contributed by atoms with Gasteiger partial charge in [0.15, 0.2) is 5.17 Å². The molecule has 0 radical (unpaired) electrons. The minimum atomic E-state index is -0.499. The van der Waals surface area contributed by atoms with Gasteiger partial charge < -0.3 is 10.6 Å². The van der Waals surface area contributed by atoms with E-state index in [0.29, 0.717) is 5.17 Å². The van der Waals surface area contributed by atoms with Crippen molar-refractivity contribution in [3.8, 4) is 0 Å². The number of carbonyl (C=O) groups is 2. The Bertz CT molecular complexity index is 912. The van der Waals surface area contributed by atoms with Gasteiger partial charge in [0, 0.05) is 23.2 Å². The van der Waals surface area contributed by atoms with Crippen LogP contribution >= 0.6 is 11.8 Å². The summed E-state index contributed by atoms with van der Waals surface area (Å²) in [5, 5.41) is 15.8. The third-order valence-corrected chi connectivity index (χ3v) is 5.38. The molecule has 0 aromatic heterocycles. The molecule has 2 aromatic rings. The molecule has 140 valence electrons. The third kappa shape index (κ3) is 4.74. The summed E-state index contributed by atoms with van der Waals surface area (Å²) in [6.45, 7) is 4.03. The van der Waals surface area contributed by atoms with Crippen LogP contribution in [0.2, 0.25) is 0 Å². The molecule has 1 heterocycles. The first-order valence-corrected chi connectivity index (χ1v) is 9.87. The van der Waals surface area contributed by atoms with Gasteiger partial charge in [-0.2, -0.15) is 5.10 Å². The molecular formula is C20H22N4O2S. The molecule has 2 N–H and O–H groups in total. The summed E-state index contributed by atoms with van der Waals surface area (Å²) in [4.78, 5) is 24.6. The number of thioether (sulfide) groups is 1. The smallest absolute Gasteiger partial charge is 0.240 e. The topological polar surface area (TPSA) is 82.9 Å². The molecule has 0 bridgehead atoms. The van der Waals surface area contributed by atoms with Crippen molar-refractivity contribution in [1.82, 2.24) is 5.32 Å². The Hall–Kier alpha value is -2.67. The Morgan fingerprint density at radius 1 is 1.15 bits per heavy atom. The maximum absolute atomic E-state index is 12.5. The molecule has 1 unspecified atom stereocenters. The van der Waals surface area contributed by atoms with Gasteiger partial charge in [0.05, 0.1) is 0 Å². The number of nitrogens with zero attached hydrogens (tertiary/aromatic N) is 2. The van der Waals surface area contributed by atoms with E-state index in [0.717, 1.165) is 35.0 Å². The van der Waals surface area contributed by atoms with Crippen LogP contribution < -0.4 is 10.6 Å². The minimum Gasteiger partial charge on any atom is -0.325 e. The number of benzene rings is 2. The monoisotopic (exact) mass is 382 g/mol. The Morgan fingerprint density at radius 3 is 2.67 bits per heavy atom. The molecule has 1 atom stereocenters. The van der Waals surface area contributed by atoms with Crippen LogP contribution in [0.15, 0.2) is 52.7 Å². The zero-order valence-electron chi connectivity index (χ0n) is 15.4. The van der Waals surface area contributed by atoms with Crippen molar-refractivity contribution in [2.45, 2.75) is 38.4 Å². The quantitative estimate of drug-likeness (QED) is 0.586. The number of rotatable bonds is 6. The molecule has 27 heavy (non-hydrogen) atoms. The highest BCUT2D eigenvalue weighted by molar-refractivity contribution is 8.15. The molecule has 1 aliphatic rings. The average Bonchev–Trinajstić information content (AvgIpc) is 3.02. The standard InChI is InChI=1S/C20H22N4O2S/c1-3-14(4-2)23-24-20-22-19(26)17(27-20)12-18(25)21-16-11-7-9-13-8-5-6-10-15(13)16/h5-11,17H,3-4,12H2,1-2H3,(H,21,25)(H,22,24,26). The molecule has 7 heteroatoms.